The van der Waals surface area contributed by atoms with Crippen LogP contribution in [0.4, 0.5) is 0 Å². The van der Waals surface area contributed by atoms with Crippen molar-refractivity contribution in [3.8, 4) is 0 Å². The minimum atomic E-state index is -3.47. The Kier molecular flexibility index (Phi) is 5.21. The summed E-state index contributed by atoms with van der Waals surface area (Å²) in [6.45, 7) is 7.11. The minimum absolute atomic E-state index is 0.00392. The number of ether oxygens (including phenoxy) is 2. The first kappa shape index (κ1) is 18.4. The smallest absolute Gasteiger partial charge is 0.243 e. The number of nitrogens with zero attached hydrogens (tertiary/aromatic N) is 1. The summed E-state index contributed by atoms with van der Waals surface area (Å²) in [5.74, 6) is -0.665. The van der Waals surface area contributed by atoms with Crippen LogP contribution in [-0.2, 0) is 24.9 Å². The minimum Gasteiger partial charge on any atom is -0.353 e. The molecule has 1 saturated heterocycles. The largest absolute Gasteiger partial charge is 0.353 e. The van der Waals surface area contributed by atoms with Gasteiger partial charge in [-0.05, 0) is 23.1 Å². The van der Waals surface area contributed by atoms with Gasteiger partial charge in [0.25, 0.3) is 0 Å². The first-order chi connectivity index (χ1) is 10.6. The molecule has 0 spiro atoms. The predicted molar refractivity (Wildman–Crippen MR) is 89.9 cm³/mol. The van der Waals surface area contributed by atoms with Crippen LogP contribution in [0.15, 0.2) is 29.2 Å². The number of methoxy groups -OCH3 is 2. The van der Waals surface area contributed by atoms with Gasteiger partial charge in [0.1, 0.15) is 0 Å². The highest BCUT2D eigenvalue weighted by Gasteiger charge is 2.38. The zero-order valence-corrected chi connectivity index (χ0v) is 15.4. The van der Waals surface area contributed by atoms with E-state index in [0.29, 0.717) is 30.8 Å². The summed E-state index contributed by atoms with van der Waals surface area (Å²) in [6, 6.07) is 7.19. The third-order valence-corrected chi connectivity index (χ3v) is 6.50. The zero-order chi connectivity index (χ0) is 17.3. The van der Waals surface area contributed by atoms with E-state index in [1.165, 1.54) is 4.31 Å². The van der Waals surface area contributed by atoms with Crippen molar-refractivity contribution >= 4 is 10.0 Å². The summed E-state index contributed by atoms with van der Waals surface area (Å²) in [5.41, 5.74) is 1.12. The second-order valence-electron chi connectivity index (χ2n) is 7.00. The Hall–Kier alpha value is -0.950. The average Bonchev–Trinajstić information content (AvgIpc) is 2.54. The second kappa shape index (κ2) is 6.51. The highest BCUT2D eigenvalue weighted by molar-refractivity contribution is 7.89. The molecule has 0 aliphatic carbocycles. The van der Waals surface area contributed by atoms with E-state index in [2.05, 4.69) is 20.8 Å². The van der Waals surface area contributed by atoms with E-state index in [0.717, 1.165) is 5.56 Å². The van der Waals surface area contributed by atoms with Crippen molar-refractivity contribution in [3.05, 3.63) is 29.8 Å². The Morgan fingerprint density at radius 1 is 1.00 bits per heavy atom. The molecule has 1 heterocycles. The van der Waals surface area contributed by atoms with E-state index in [1.807, 2.05) is 12.1 Å². The van der Waals surface area contributed by atoms with E-state index < -0.39 is 15.8 Å². The molecule has 0 aromatic heterocycles. The first-order valence-electron chi connectivity index (χ1n) is 7.86. The monoisotopic (exact) mass is 341 g/mol. The molecule has 0 bridgehead atoms. The van der Waals surface area contributed by atoms with Gasteiger partial charge in [0.2, 0.25) is 10.0 Å². The average molecular weight is 341 g/mol. The Morgan fingerprint density at radius 3 is 1.87 bits per heavy atom. The molecule has 5 nitrogen and oxygen atoms in total. The van der Waals surface area contributed by atoms with Crippen molar-refractivity contribution in [1.82, 2.24) is 4.31 Å². The lowest BCUT2D eigenvalue weighted by atomic mass is 9.87. The van der Waals surface area contributed by atoms with Crippen LogP contribution in [0.25, 0.3) is 0 Å². The van der Waals surface area contributed by atoms with Crippen molar-refractivity contribution in [3.63, 3.8) is 0 Å². The van der Waals surface area contributed by atoms with Gasteiger partial charge in [-0.1, -0.05) is 32.9 Å². The molecule has 1 aromatic rings. The van der Waals surface area contributed by atoms with Crippen molar-refractivity contribution in [1.29, 1.82) is 0 Å². The fraction of sp³-hybridized carbons (Fsp3) is 0.647. The summed E-state index contributed by atoms with van der Waals surface area (Å²) in [7, 11) is -0.276. The summed E-state index contributed by atoms with van der Waals surface area (Å²) in [4.78, 5) is 0.341. The Morgan fingerprint density at radius 2 is 1.48 bits per heavy atom. The third-order valence-electron chi connectivity index (χ3n) is 4.59. The molecule has 0 unspecified atom stereocenters. The van der Waals surface area contributed by atoms with Crippen molar-refractivity contribution in [2.24, 2.45) is 0 Å². The normalized spacial score (nSPS) is 19.7. The van der Waals surface area contributed by atoms with Crippen molar-refractivity contribution < 1.29 is 17.9 Å². The number of hydrogen-bond acceptors (Lipinski definition) is 4. The molecule has 1 aromatic carbocycles. The van der Waals surface area contributed by atoms with Gasteiger partial charge in [0.15, 0.2) is 5.79 Å². The van der Waals surface area contributed by atoms with Gasteiger partial charge in [0, 0.05) is 40.2 Å². The van der Waals surface area contributed by atoms with Crippen LogP contribution in [-0.4, -0.2) is 45.8 Å². The lowest BCUT2D eigenvalue weighted by Crippen LogP contribution is -2.48. The topological polar surface area (TPSA) is 55.8 Å². The van der Waals surface area contributed by atoms with Crippen LogP contribution in [0.3, 0.4) is 0 Å². The Bertz CT molecular complexity index is 618. The fourth-order valence-electron chi connectivity index (χ4n) is 2.83. The van der Waals surface area contributed by atoms with Gasteiger partial charge in [-0.25, -0.2) is 8.42 Å². The molecule has 2 rings (SSSR count). The van der Waals surface area contributed by atoms with Gasteiger partial charge < -0.3 is 9.47 Å². The molecule has 1 aliphatic rings. The van der Waals surface area contributed by atoms with Gasteiger partial charge in [-0.2, -0.15) is 4.31 Å². The van der Waals surface area contributed by atoms with Crippen molar-refractivity contribution in [2.75, 3.05) is 27.3 Å². The highest BCUT2D eigenvalue weighted by atomic mass is 32.2. The lowest BCUT2D eigenvalue weighted by molar-refractivity contribution is -0.224. The maximum Gasteiger partial charge on any atom is 0.243 e. The van der Waals surface area contributed by atoms with Crippen LogP contribution >= 0.6 is 0 Å². The van der Waals surface area contributed by atoms with Gasteiger partial charge in [-0.15, -0.1) is 0 Å². The van der Waals surface area contributed by atoms with Gasteiger partial charge >= 0.3 is 0 Å². The quantitative estimate of drug-likeness (QED) is 0.790. The molecule has 130 valence electrons. The maximum absolute atomic E-state index is 12.8. The fourth-order valence-corrected chi connectivity index (χ4v) is 4.28. The van der Waals surface area contributed by atoms with E-state index in [-0.39, 0.29) is 5.41 Å². The Balaban J connectivity index is 2.17. The van der Waals surface area contributed by atoms with Crippen LogP contribution in [0, 0.1) is 0 Å². The summed E-state index contributed by atoms with van der Waals surface area (Å²) in [5, 5.41) is 0. The third kappa shape index (κ3) is 3.76. The van der Waals surface area contributed by atoms with E-state index in [1.54, 1.807) is 26.4 Å². The molecule has 23 heavy (non-hydrogen) atoms. The molecule has 0 amide bonds. The molecule has 0 N–H and O–H groups in total. The standard InChI is InChI=1S/C17H27NO4S/c1-16(2,3)14-6-8-15(9-7-14)23(19,20)18-12-10-17(21-4,22-5)11-13-18/h6-9H,10-13H2,1-5H3. The maximum atomic E-state index is 12.8. The molecule has 6 heteroatoms. The SMILES string of the molecule is COC1(OC)CCN(S(=O)(=O)c2ccc(C(C)(C)C)cc2)CC1. The lowest BCUT2D eigenvalue weighted by Gasteiger charge is -2.38. The molecular weight excluding hydrogens is 314 g/mol. The van der Waals surface area contributed by atoms with Gasteiger partial charge in [-0.3, -0.25) is 0 Å². The molecular formula is C17H27NO4S. The molecule has 1 fully saturated rings. The molecule has 0 atom stereocenters. The predicted octanol–water partition coefficient (Wildman–Crippen LogP) is 2.76. The molecule has 0 saturated carbocycles. The Labute approximate surface area is 139 Å². The molecule has 1 aliphatic heterocycles. The number of rotatable bonds is 4. The van der Waals surface area contributed by atoms with Crippen LogP contribution in [0.1, 0.15) is 39.2 Å². The zero-order valence-electron chi connectivity index (χ0n) is 14.6. The highest BCUT2D eigenvalue weighted by Crippen LogP contribution is 2.30. The van der Waals surface area contributed by atoms with Crippen LogP contribution < -0.4 is 0 Å². The summed E-state index contributed by atoms with van der Waals surface area (Å²) >= 11 is 0. The number of benzene rings is 1. The van der Waals surface area contributed by atoms with E-state index in [4.69, 9.17) is 9.47 Å². The number of sulfonamides is 1. The van der Waals surface area contributed by atoms with Crippen LogP contribution in [0.5, 0.6) is 0 Å². The number of hydrogen-bond donors (Lipinski definition) is 0. The summed E-state index contributed by atoms with van der Waals surface area (Å²) in [6.07, 6.45) is 1.05. The van der Waals surface area contributed by atoms with E-state index in [9.17, 15) is 8.42 Å². The van der Waals surface area contributed by atoms with E-state index >= 15 is 0 Å². The second-order valence-corrected chi connectivity index (χ2v) is 8.94. The van der Waals surface area contributed by atoms with Gasteiger partial charge in [0.05, 0.1) is 4.90 Å². The summed E-state index contributed by atoms with van der Waals surface area (Å²) < 4.78 is 37.9. The molecule has 0 radical (unpaired) electrons. The number of piperidine rings is 1. The van der Waals surface area contributed by atoms with Crippen molar-refractivity contribution in [2.45, 2.75) is 49.7 Å². The first-order valence-corrected chi connectivity index (χ1v) is 9.30. The van der Waals surface area contributed by atoms with Crippen LogP contribution in [0.2, 0.25) is 0 Å².